The van der Waals surface area contributed by atoms with Crippen LogP contribution in [0.3, 0.4) is 0 Å². The van der Waals surface area contributed by atoms with E-state index in [0.29, 0.717) is 14.2 Å². The monoisotopic (exact) mass is 936 g/mol. The van der Waals surface area contributed by atoms with Gasteiger partial charge in [0.05, 0.1) is 0 Å². The molecular weight excluding hydrogens is 936 g/mol. The molecule has 0 bridgehead atoms. The van der Waals surface area contributed by atoms with Gasteiger partial charge in [0.1, 0.15) is 0 Å². The Bertz CT molecular complexity index is 1230. The van der Waals surface area contributed by atoms with E-state index in [-0.39, 0.29) is 0 Å². The van der Waals surface area contributed by atoms with Crippen LogP contribution in [0.4, 0.5) is 158 Å². The highest BCUT2D eigenvalue weighted by atomic mass is 19.5. The molecule has 0 aliphatic rings. The predicted octanol–water partition coefficient (Wildman–Crippen LogP) is 11.6. The lowest BCUT2D eigenvalue weighted by atomic mass is 9.81. The molecule has 0 saturated heterocycles. The van der Waals surface area contributed by atoms with Gasteiger partial charge in [-0.3, -0.25) is 0 Å². The predicted molar refractivity (Wildman–Crippen MR) is 89.3 cm³/mol. The van der Waals surface area contributed by atoms with Crippen molar-refractivity contribution in [2.75, 3.05) is 0 Å². The maximum Gasteiger partial charge on any atom is 0.460 e. The number of alkyl halides is 36. The summed E-state index contributed by atoms with van der Waals surface area (Å²) in [6.45, 7) is 0. The summed E-state index contributed by atoms with van der Waals surface area (Å²) in [4.78, 5) is 0. The quantitative estimate of drug-likeness (QED) is 0.153. The third-order valence-electron chi connectivity index (χ3n) is 5.85. The van der Waals surface area contributed by atoms with Crippen molar-refractivity contribution in [3.63, 3.8) is 0 Å². The van der Waals surface area contributed by atoms with Gasteiger partial charge in [0.25, 0.3) is 0 Å². The zero-order valence-corrected chi connectivity index (χ0v) is 23.3. The van der Waals surface area contributed by atoms with Crippen LogP contribution in [0.2, 0.25) is 0 Å². The highest BCUT2D eigenvalue weighted by Gasteiger charge is 3.00. The summed E-state index contributed by atoms with van der Waals surface area (Å²) in [5, 5.41) is 0. The summed E-state index contributed by atoms with van der Waals surface area (Å²) in [5.74, 6) is -54.9. The Kier molecular flexibility index (Phi) is 12.6. The van der Waals surface area contributed by atoms with Crippen molar-refractivity contribution in [3.05, 3.63) is 0 Å². The summed E-state index contributed by atoms with van der Waals surface area (Å²) in [6.07, 6.45) is -94.9. The van der Waals surface area contributed by atoms with Crippen LogP contribution in [0.15, 0.2) is 0 Å². The number of hydrogen-bond acceptors (Lipinski definition) is 3. The van der Waals surface area contributed by atoms with Crippen LogP contribution in [0, 0.1) is 5.41 Å². The van der Waals surface area contributed by atoms with Crippen LogP contribution in [0.25, 0.3) is 0 Å². The van der Waals surface area contributed by atoms with Crippen LogP contribution in [-0.4, -0.2) is 96.9 Å². The molecule has 0 aliphatic carbocycles. The molecular formula is C17F36O3. The average molecular weight is 936 g/mol. The van der Waals surface area contributed by atoms with Gasteiger partial charge in [0, 0.05) is 0 Å². The summed E-state index contributed by atoms with van der Waals surface area (Å²) < 4.78 is 480. The third kappa shape index (κ3) is 7.44. The fourth-order valence-corrected chi connectivity index (χ4v) is 2.99. The highest BCUT2D eigenvalue weighted by Crippen LogP contribution is 2.71. The number of rotatable bonds is 15. The van der Waals surface area contributed by atoms with E-state index < -0.39 is 102 Å². The van der Waals surface area contributed by atoms with Crippen LogP contribution in [0.5, 0.6) is 0 Å². The molecule has 0 N–H and O–H groups in total. The minimum absolute atomic E-state index is 0.422. The van der Waals surface area contributed by atoms with Crippen molar-refractivity contribution in [2.24, 2.45) is 5.41 Å². The Morgan fingerprint density at radius 2 is 0.304 bits per heavy atom. The first-order valence-electron chi connectivity index (χ1n) is 11.3. The second-order valence-corrected chi connectivity index (χ2v) is 9.59. The molecule has 0 saturated carbocycles. The van der Waals surface area contributed by atoms with Gasteiger partial charge in [0.15, 0.2) is 0 Å². The van der Waals surface area contributed by atoms with Crippen LogP contribution in [0.1, 0.15) is 0 Å². The van der Waals surface area contributed by atoms with E-state index in [4.69, 9.17) is 0 Å². The molecule has 0 radical (unpaired) electrons. The molecule has 0 atom stereocenters. The average Bonchev–Trinajstić information content (AvgIpc) is 2.82. The third-order valence-corrected chi connectivity index (χ3v) is 5.85. The van der Waals surface area contributed by atoms with E-state index in [1.165, 1.54) is 0 Å². The van der Waals surface area contributed by atoms with Crippen LogP contribution in [-0.2, 0) is 14.2 Å². The zero-order valence-electron chi connectivity index (χ0n) is 23.3. The molecule has 3 nitrogen and oxygen atoms in total. The molecule has 0 rings (SSSR count). The molecule has 0 amide bonds. The number of ether oxygens (including phenoxy) is 3. The van der Waals surface area contributed by atoms with Gasteiger partial charge < -0.3 is 0 Å². The number of hydrogen-bond donors (Lipinski definition) is 0. The molecule has 39 heteroatoms. The molecule has 0 aliphatic heterocycles. The van der Waals surface area contributed by atoms with Gasteiger partial charge in [0.2, 0.25) is 0 Å². The molecule has 56 heavy (non-hydrogen) atoms. The topological polar surface area (TPSA) is 27.7 Å². The molecule has 0 fully saturated rings. The van der Waals surface area contributed by atoms with E-state index in [1.54, 1.807) is 0 Å². The zero-order chi connectivity index (χ0) is 46.6. The molecule has 338 valence electrons. The first-order valence-corrected chi connectivity index (χ1v) is 11.3. The minimum atomic E-state index is -10.8. The van der Waals surface area contributed by atoms with Crippen molar-refractivity contribution in [1.29, 1.82) is 0 Å². The van der Waals surface area contributed by atoms with Crippen molar-refractivity contribution in [1.82, 2.24) is 0 Å². The van der Waals surface area contributed by atoms with E-state index in [0.717, 1.165) is 0 Å². The summed E-state index contributed by atoms with van der Waals surface area (Å²) in [6, 6.07) is 0. The van der Waals surface area contributed by atoms with Crippen molar-refractivity contribution >= 4 is 0 Å². The van der Waals surface area contributed by atoms with E-state index in [2.05, 4.69) is 0 Å². The molecule has 0 unspecified atom stereocenters. The molecule has 0 aromatic rings. The number of halogens is 36. The summed E-state index contributed by atoms with van der Waals surface area (Å²) in [7, 11) is 0. The Labute approximate surface area is 276 Å². The Morgan fingerprint density at radius 1 is 0.161 bits per heavy atom. The Balaban J connectivity index is 8.77. The van der Waals surface area contributed by atoms with Gasteiger partial charge >= 0.3 is 102 Å². The smallest absolute Gasteiger partial charge is 0.249 e. The summed E-state index contributed by atoms with van der Waals surface area (Å²) >= 11 is 0. The molecule has 0 spiro atoms. The summed E-state index contributed by atoms with van der Waals surface area (Å²) in [5.41, 5.74) is -10.8. The van der Waals surface area contributed by atoms with Crippen molar-refractivity contribution in [2.45, 2.75) is 96.9 Å². The van der Waals surface area contributed by atoms with Crippen molar-refractivity contribution in [3.8, 4) is 0 Å². The van der Waals surface area contributed by atoms with Crippen LogP contribution < -0.4 is 0 Å². The Morgan fingerprint density at radius 3 is 0.411 bits per heavy atom. The molecule has 0 aromatic heterocycles. The van der Waals surface area contributed by atoms with Gasteiger partial charge in [-0.15, -0.1) is 0 Å². The normalized spacial score (nSPS) is 17.1. The van der Waals surface area contributed by atoms with E-state index in [1.807, 2.05) is 0 Å². The lowest BCUT2D eigenvalue weighted by Crippen LogP contribution is -2.77. The second-order valence-electron chi connectivity index (χ2n) is 9.59. The first kappa shape index (κ1) is 53.4. The largest absolute Gasteiger partial charge is 0.460 e. The minimum Gasteiger partial charge on any atom is -0.249 e. The lowest BCUT2D eigenvalue weighted by molar-refractivity contribution is -0.613. The van der Waals surface area contributed by atoms with Gasteiger partial charge in [-0.2, -0.15) is 158 Å². The van der Waals surface area contributed by atoms with Crippen molar-refractivity contribution < 1.29 is 172 Å². The molecule has 0 aromatic carbocycles. The lowest BCUT2D eigenvalue weighted by Gasteiger charge is -2.49. The van der Waals surface area contributed by atoms with Crippen LogP contribution >= 0.6 is 0 Å². The standard InChI is InChI=1S/C17F36O3/c18-2(19,9(33,34)35)5(24,25)15(48,49)54-12(42,43)1(8(30,31)32,13(44,45)55-16(50,51)6(26,27)3(20,21)10(36,37)38)14(46,47)56-17(52,53)7(28,29)4(22,23)11(39,40)41. The molecule has 0 heterocycles. The van der Waals surface area contributed by atoms with E-state index >= 15 is 0 Å². The van der Waals surface area contributed by atoms with Gasteiger partial charge in [-0.25, -0.2) is 14.2 Å². The fraction of sp³-hybridized carbons (Fsp3) is 1.00. The maximum absolute atomic E-state index is 14.6. The maximum atomic E-state index is 14.6. The highest BCUT2D eigenvalue weighted by molar-refractivity contribution is 5.10. The first-order chi connectivity index (χ1) is 23.4. The van der Waals surface area contributed by atoms with E-state index in [9.17, 15) is 158 Å². The van der Waals surface area contributed by atoms with Gasteiger partial charge in [-0.1, -0.05) is 0 Å². The fourth-order valence-electron chi connectivity index (χ4n) is 2.99. The SMILES string of the molecule is FC(F)(F)C(F)(F)C(F)(F)C(F)(F)OC(F)(F)C(C(F)(F)F)(C(F)(F)OC(F)(F)C(F)(F)C(F)(F)C(F)(F)F)C(F)(F)OC(F)(F)C(F)(F)C(F)(F)C(F)(F)F. The second kappa shape index (κ2) is 13.2. The Hall–Kier alpha value is -2.64. The van der Waals surface area contributed by atoms with Gasteiger partial charge in [-0.05, 0) is 0 Å².